The van der Waals surface area contributed by atoms with Gasteiger partial charge >= 0.3 is 6.08 Å². The maximum Gasteiger partial charge on any atom is 0.308 e. The fourth-order valence-corrected chi connectivity index (χ4v) is 3.72. The van der Waals surface area contributed by atoms with E-state index in [4.69, 9.17) is 4.74 Å². The molecule has 0 spiro atoms. The van der Waals surface area contributed by atoms with Crippen molar-refractivity contribution in [3.8, 4) is 22.6 Å². The highest BCUT2D eigenvalue weighted by Crippen LogP contribution is 2.33. The third-order valence-corrected chi connectivity index (χ3v) is 5.61. The van der Waals surface area contributed by atoms with Crippen LogP contribution in [0.5, 0.6) is 11.5 Å². The molecule has 0 aliphatic heterocycles. The number of fused-ring (bicyclic) bond motifs is 1. The number of aromatic nitrogens is 4. The second kappa shape index (κ2) is 9.64. The third-order valence-electron chi connectivity index (χ3n) is 5.61. The summed E-state index contributed by atoms with van der Waals surface area (Å²) in [6.07, 6.45) is 7.12. The van der Waals surface area contributed by atoms with E-state index in [2.05, 4.69) is 25.3 Å². The molecule has 0 fully saturated rings. The number of hydrogen-bond acceptors (Lipinski definition) is 6. The molecule has 2 aromatic carbocycles. The summed E-state index contributed by atoms with van der Waals surface area (Å²) in [6.45, 7) is 2.26. The minimum Gasteiger partial charge on any atom is -0.456 e. The summed E-state index contributed by atoms with van der Waals surface area (Å²) in [4.78, 5) is 28.5. The van der Waals surface area contributed by atoms with E-state index in [1.165, 1.54) is 12.4 Å². The largest absolute Gasteiger partial charge is 0.456 e. The molecule has 0 saturated carbocycles. The van der Waals surface area contributed by atoms with Crippen molar-refractivity contribution in [1.29, 1.82) is 0 Å². The fourth-order valence-electron chi connectivity index (χ4n) is 3.72. The van der Waals surface area contributed by atoms with Gasteiger partial charge in [-0.2, -0.15) is 4.39 Å². The summed E-state index contributed by atoms with van der Waals surface area (Å²) in [6, 6.07) is 16.5. The number of hydrogen-bond donors (Lipinski definition) is 1. The van der Waals surface area contributed by atoms with E-state index in [9.17, 15) is 9.18 Å². The quantitative estimate of drug-likeness (QED) is 0.344. The summed E-state index contributed by atoms with van der Waals surface area (Å²) in [7, 11) is 0. The second-order valence-corrected chi connectivity index (χ2v) is 7.85. The zero-order valence-electron chi connectivity index (χ0n) is 18.8. The van der Waals surface area contributed by atoms with E-state index in [0.717, 1.165) is 22.1 Å². The molecule has 0 aliphatic carbocycles. The van der Waals surface area contributed by atoms with Gasteiger partial charge in [0.2, 0.25) is 0 Å². The van der Waals surface area contributed by atoms with Crippen LogP contribution in [0.3, 0.4) is 0 Å². The van der Waals surface area contributed by atoms with E-state index in [-0.39, 0.29) is 5.91 Å². The standard InChI is InChI=1S/C27H20FN5O2/c1-17-21(26(34)31-14-18-7-10-29-11-8-18)3-2-4-24(17)35-25-9-12-30-23-13-19(5-6-22(23)25)20-15-32-27(28)33-16-20/h2-13,15-16H,14H2,1H3,(H,31,34). The molecular weight excluding hydrogens is 445 g/mol. The van der Waals surface area contributed by atoms with E-state index >= 15 is 0 Å². The molecule has 1 N–H and O–H groups in total. The molecule has 0 bridgehead atoms. The van der Waals surface area contributed by atoms with Crippen LogP contribution in [0.25, 0.3) is 22.0 Å². The first-order chi connectivity index (χ1) is 17.1. The molecule has 0 radical (unpaired) electrons. The summed E-state index contributed by atoms with van der Waals surface area (Å²) >= 11 is 0. The first-order valence-corrected chi connectivity index (χ1v) is 10.9. The Kier molecular flexibility index (Phi) is 6.09. The first kappa shape index (κ1) is 22.1. The van der Waals surface area contributed by atoms with Crippen molar-refractivity contribution in [2.75, 3.05) is 0 Å². The van der Waals surface area contributed by atoms with Gasteiger partial charge in [-0.1, -0.05) is 12.1 Å². The van der Waals surface area contributed by atoms with Crippen LogP contribution in [0, 0.1) is 13.0 Å². The maximum atomic E-state index is 13.1. The highest BCUT2D eigenvalue weighted by atomic mass is 19.1. The van der Waals surface area contributed by atoms with Gasteiger partial charge in [0.1, 0.15) is 11.5 Å². The first-order valence-electron chi connectivity index (χ1n) is 10.9. The fraction of sp³-hybridized carbons (Fsp3) is 0.0741. The number of nitrogens with one attached hydrogen (secondary N) is 1. The van der Waals surface area contributed by atoms with Gasteiger partial charge in [-0.25, -0.2) is 9.97 Å². The Balaban J connectivity index is 1.39. The van der Waals surface area contributed by atoms with Crippen LogP contribution in [0.4, 0.5) is 4.39 Å². The monoisotopic (exact) mass is 465 g/mol. The van der Waals surface area contributed by atoms with Gasteiger partial charge in [-0.3, -0.25) is 14.8 Å². The van der Waals surface area contributed by atoms with Gasteiger partial charge in [0.05, 0.1) is 5.52 Å². The normalized spacial score (nSPS) is 10.8. The van der Waals surface area contributed by atoms with Crippen molar-refractivity contribution >= 4 is 16.8 Å². The third kappa shape index (κ3) is 4.81. The van der Waals surface area contributed by atoms with Crippen molar-refractivity contribution in [3.05, 3.63) is 108 Å². The molecule has 35 heavy (non-hydrogen) atoms. The maximum absolute atomic E-state index is 13.1. The van der Waals surface area contributed by atoms with Gasteiger partial charge in [0.15, 0.2) is 0 Å². The van der Waals surface area contributed by atoms with Crippen molar-refractivity contribution in [3.63, 3.8) is 0 Å². The van der Waals surface area contributed by atoms with Crippen molar-refractivity contribution in [1.82, 2.24) is 25.3 Å². The van der Waals surface area contributed by atoms with E-state index in [1.54, 1.807) is 36.8 Å². The molecule has 0 aliphatic rings. The smallest absolute Gasteiger partial charge is 0.308 e. The summed E-state index contributed by atoms with van der Waals surface area (Å²) < 4.78 is 19.3. The Morgan fingerprint density at radius 2 is 1.71 bits per heavy atom. The highest BCUT2D eigenvalue weighted by molar-refractivity contribution is 5.96. The van der Waals surface area contributed by atoms with Crippen LogP contribution in [-0.2, 0) is 6.54 Å². The number of carbonyl (C=O) groups excluding carboxylic acids is 1. The number of carbonyl (C=O) groups is 1. The van der Waals surface area contributed by atoms with Gasteiger partial charge in [-0.05, 0) is 60.5 Å². The lowest BCUT2D eigenvalue weighted by atomic mass is 10.1. The lowest BCUT2D eigenvalue weighted by Crippen LogP contribution is -2.23. The van der Waals surface area contributed by atoms with Crippen LogP contribution in [0.15, 0.2) is 85.6 Å². The number of nitrogens with zero attached hydrogens (tertiary/aromatic N) is 4. The van der Waals surface area contributed by atoms with E-state index < -0.39 is 6.08 Å². The van der Waals surface area contributed by atoms with Crippen LogP contribution in [0.2, 0.25) is 0 Å². The lowest BCUT2D eigenvalue weighted by Gasteiger charge is -2.14. The van der Waals surface area contributed by atoms with Crippen molar-refractivity contribution < 1.29 is 13.9 Å². The summed E-state index contributed by atoms with van der Waals surface area (Å²) in [5.41, 5.74) is 4.42. The molecular formula is C27H20FN5O2. The molecule has 3 heterocycles. The number of benzene rings is 2. The van der Waals surface area contributed by atoms with Crippen molar-refractivity contribution in [2.24, 2.45) is 0 Å². The zero-order valence-corrected chi connectivity index (χ0v) is 18.8. The van der Waals surface area contributed by atoms with Gasteiger partial charge in [-0.15, -0.1) is 0 Å². The Morgan fingerprint density at radius 1 is 0.914 bits per heavy atom. The Hall–Kier alpha value is -4.72. The SMILES string of the molecule is Cc1c(Oc2ccnc3cc(-c4cnc(F)nc4)ccc23)cccc1C(=O)NCc1ccncc1. The molecule has 1 amide bonds. The predicted molar refractivity (Wildman–Crippen MR) is 129 cm³/mol. The van der Waals surface area contributed by atoms with Crippen LogP contribution in [-0.4, -0.2) is 25.8 Å². The Bertz CT molecular complexity index is 1510. The zero-order chi connectivity index (χ0) is 24.2. The number of amides is 1. The summed E-state index contributed by atoms with van der Waals surface area (Å²) in [5, 5.41) is 3.73. The van der Waals surface area contributed by atoms with Gasteiger partial charge in [0, 0.05) is 59.6 Å². The molecule has 8 heteroatoms. The van der Waals surface area contributed by atoms with Crippen LogP contribution >= 0.6 is 0 Å². The Labute approximate surface area is 200 Å². The molecule has 5 aromatic rings. The second-order valence-electron chi connectivity index (χ2n) is 7.85. The summed E-state index contributed by atoms with van der Waals surface area (Å²) in [5.74, 6) is 0.995. The molecule has 0 atom stereocenters. The number of pyridine rings is 2. The van der Waals surface area contributed by atoms with Gasteiger partial charge < -0.3 is 10.1 Å². The molecule has 0 saturated heterocycles. The minimum absolute atomic E-state index is 0.185. The minimum atomic E-state index is -0.771. The topological polar surface area (TPSA) is 89.9 Å². The number of rotatable bonds is 6. The highest BCUT2D eigenvalue weighted by Gasteiger charge is 2.14. The number of halogens is 1. The van der Waals surface area contributed by atoms with Crippen LogP contribution in [0.1, 0.15) is 21.5 Å². The van der Waals surface area contributed by atoms with Crippen molar-refractivity contribution in [2.45, 2.75) is 13.5 Å². The van der Waals surface area contributed by atoms with E-state index in [0.29, 0.717) is 34.7 Å². The lowest BCUT2D eigenvalue weighted by molar-refractivity contribution is 0.0950. The molecule has 0 unspecified atom stereocenters. The van der Waals surface area contributed by atoms with E-state index in [1.807, 2.05) is 43.3 Å². The molecule has 7 nitrogen and oxygen atoms in total. The Morgan fingerprint density at radius 3 is 2.51 bits per heavy atom. The van der Waals surface area contributed by atoms with Gasteiger partial charge in [0.25, 0.3) is 5.91 Å². The molecule has 172 valence electrons. The number of ether oxygens (including phenoxy) is 1. The van der Waals surface area contributed by atoms with Crippen LogP contribution < -0.4 is 10.1 Å². The average Bonchev–Trinajstić information content (AvgIpc) is 2.89. The molecule has 5 rings (SSSR count). The molecule has 3 aromatic heterocycles. The predicted octanol–water partition coefficient (Wildman–Crippen LogP) is 5.26. The average molecular weight is 465 g/mol.